The molecule has 3 aliphatic heterocycles. The van der Waals surface area contributed by atoms with Crippen LogP contribution in [-0.4, -0.2) is 80.8 Å². The van der Waals surface area contributed by atoms with E-state index in [0.717, 1.165) is 50.4 Å². The first-order chi connectivity index (χ1) is 23.5. The van der Waals surface area contributed by atoms with Crippen molar-refractivity contribution in [2.75, 3.05) is 39.3 Å². The summed E-state index contributed by atoms with van der Waals surface area (Å²) in [6, 6.07) is 11.1. The number of carbonyl (C=O) groups is 2. The number of nitrogens with one attached hydrogen (secondary N) is 2. The Balaban J connectivity index is 1.14. The van der Waals surface area contributed by atoms with Crippen molar-refractivity contribution in [2.24, 2.45) is 17.8 Å². The fraction of sp³-hybridized carbons (Fsp3) is 0.543. The van der Waals surface area contributed by atoms with Crippen molar-refractivity contribution in [3.05, 3.63) is 69.1 Å². The minimum Gasteiger partial charge on any atom is -0.506 e. The highest BCUT2D eigenvalue weighted by Crippen LogP contribution is 2.41. The van der Waals surface area contributed by atoms with E-state index in [2.05, 4.69) is 15.4 Å². The van der Waals surface area contributed by atoms with Gasteiger partial charge in [0.2, 0.25) is 11.8 Å². The van der Waals surface area contributed by atoms with Gasteiger partial charge in [0, 0.05) is 38.2 Å². The molecule has 4 heterocycles. The molecule has 1 aromatic heterocycles. The van der Waals surface area contributed by atoms with Gasteiger partial charge in [0.1, 0.15) is 5.75 Å². The van der Waals surface area contributed by atoms with E-state index in [9.17, 15) is 32.7 Å². The first-order valence-corrected chi connectivity index (χ1v) is 17.5. The molecule has 0 saturated carbocycles. The van der Waals surface area contributed by atoms with Crippen LogP contribution in [0.3, 0.4) is 0 Å². The molecule has 14 heteroatoms. The molecule has 3 fully saturated rings. The second-order valence-electron chi connectivity index (χ2n) is 13.5. The molecule has 0 spiro atoms. The molecule has 2 aromatic carbocycles. The van der Waals surface area contributed by atoms with Crippen molar-refractivity contribution >= 4 is 23.4 Å². The Bertz CT molecular complexity index is 1670. The van der Waals surface area contributed by atoms with Gasteiger partial charge in [0.25, 0.3) is 0 Å². The van der Waals surface area contributed by atoms with Gasteiger partial charge in [-0.3, -0.25) is 14.6 Å². The smallest absolute Gasteiger partial charge is 0.420 e. The highest BCUT2D eigenvalue weighted by Gasteiger charge is 2.38. The number of halogens is 4. The lowest BCUT2D eigenvalue weighted by Gasteiger charge is -2.39. The fourth-order valence-corrected chi connectivity index (χ4v) is 7.94. The second-order valence-corrected chi connectivity index (χ2v) is 13.9. The van der Waals surface area contributed by atoms with E-state index in [0.29, 0.717) is 56.7 Å². The maximum atomic E-state index is 14.0. The number of aromatic nitrogens is 3. The first kappa shape index (κ1) is 35.0. The standard InChI is InChI=1S/C35H42ClF3N6O4/c36-29-20-22(19-28(31(29)47)35(37,38)39)18-26(33(48)44-14-8-24(9-15-44)23-6-12-40-13-7-23)21-30(46)43-16-10-27(11-17-43)45-34(49)41-32(42-45)25-4-2-1-3-5-25/h1-5,19-20,23-24,26-27,40,47H,6-18,21H2,(H,41,42,49)/t26-/m0/s1. The molecule has 2 amide bonds. The normalized spacial score (nSPS) is 19.3. The summed E-state index contributed by atoms with van der Waals surface area (Å²) in [6.07, 6.45) is -0.276. The molecule has 1 atom stereocenters. The van der Waals surface area contributed by atoms with E-state index in [1.165, 1.54) is 10.7 Å². The summed E-state index contributed by atoms with van der Waals surface area (Å²) in [5, 5.41) is 17.4. The molecule has 10 nitrogen and oxygen atoms in total. The molecule has 0 unspecified atom stereocenters. The summed E-state index contributed by atoms with van der Waals surface area (Å²) < 4.78 is 42.6. The second kappa shape index (κ2) is 15.0. The van der Waals surface area contributed by atoms with E-state index >= 15 is 0 Å². The van der Waals surface area contributed by atoms with Crippen LogP contribution in [0.2, 0.25) is 5.02 Å². The van der Waals surface area contributed by atoms with Crippen LogP contribution < -0.4 is 11.0 Å². The zero-order valence-corrected chi connectivity index (χ0v) is 28.0. The Kier molecular flexibility index (Phi) is 10.7. The molecule has 6 rings (SSSR count). The van der Waals surface area contributed by atoms with Gasteiger partial charge in [0.15, 0.2) is 5.82 Å². The van der Waals surface area contributed by atoms with Crippen LogP contribution in [0.1, 0.15) is 62.1 Å². The summed E-state index contributed by atoms with van der Waals surface area (Å²) in [6.45, 7) is 3.75. The number of phenolic OH excluding ortho intramolecular Hbond substituents is 1. The fourth-order valence-electron chi connectivity index (χ4n) is 7.70. The monoisotopic (exact) mass is 702 g/mol. The zero-order chi connectivity index (χ0) is 34.7. The van der Waals surface area contributed by atoms with Crippen molar-refractivity contribution in [1.82, 2.24) is 29.9 Å². The van der Waals surface area contributed by atoms with Crippen LogP contribution >= 0.6 is 11.6 Å². The van der Waals surface area contributed by atoms with Crippen molar-refractivity contribution in [2.45, 2.75) is 63.6 Å². The maximum Gasteiger partial charge on any atom is 0.420 e. The molecule has 0 aliphatic carbocycles. The average Bonchev–Trinajstić information content (AvgIpc) is 3.51. The van der Waals surface area contributed by atoms with Crippen molar-refractivity contribution < 1.29 is 27.9 Å². The predicted octanol–water partition coefficient (Wildman–Crippen LogP) is 5.27. The molecule has 3 saturated heterocycles. The van der Waals surface area contributed by atoms with Gasteiger partial charge < -0.3 is 20.2 Å². The highest BCUT2D eigenvalue weighted by molar-refractivity contribution is 6.32. The number of hydrogen-bond donors (Lipinski definition) is 3. The number of phenols is 1. The van der Waals surface area contributed by atoms with E-state index in [-0.39, 0.29) is 42.0 Å². The molecular weight excluding hydrogens is 661 g/mol. The van der Waals surface area contributed by atoms with Crippen LogP contribution in [0.25, 0.3) is 11.4 Å². The maximum absolute atomic E-state index is 14.0. The Morgan fingerprint density at radius 1 is 0.939 bits per heavy atom. The molecular formula is C35H42ClF3N6O4. The minimum absolute atomic E-state index is 0.122. The molecule has 49 heavy (non-hydrogen) atoms. The summed E-state index contributed by atoms with van der Waals surface area (Å²) in [7, 11) is 0. The Hall–Kier alpha value is -3.84. The average molecular weight is 703 g/mol. The SMILES string of the molecule is O=C(C[C@H](Cc1cc(Cl)c(O)c(C(F)(F)F)c1)C(=O)N1CCC(C2CCNCC2)CC1)N1CCC(n2nc(-c3ccccc3)[nH]c2=O)CC1. The topological polar surface area (TPSA) is 124 Å². The predicted molar refractivity (Wildman–Crippen MR) is 178 cm³/mol. The number of likely N-dealkylation sites (tertiary alicyclic amines) is 2. The van der Waals surface area contributed by atoms with Crippen LogP contribution in [0.15, 0.2) is 47.3 Å². The van der Waals surface area contributed by atoms with E-state index < -0.39 is 28.4 Å². The number of aromatic hydroxyl groups is 1. The van der Waals surface area contributed by atoms with Gasteiger partial charge in [-0.15, -0.1) is 5.10 Å². The minimum atomic E-state index is -4.85. The van der Waals surface area contributed by atoms with Crippen LogP contribution in [-0.2, 0) is 22.2 Å². The van der Waals surface area contributed by atoms with Crippen molar-refractivity contribution in [1.29, 1.82) is 0 Å². The molecule has 3 N–H and O–H groups in total. The lowest BCUT2D eigenvalue weighted by molar-refractivity contribution is -0.143. The van der Waals surface area contributed by atoms with E-state index in [1.807, 2.05) is 30.3 Å². The third-order valence-electron chi connectivity index (χ3n) is 10.4. The number of amides is 2. The summed E-state index contributed by atoms with van der Waals surface area (Å²) in [5.74, 6) is -0.919. The third kappa shape index (κ3) is 8.15. The van der Waals surface area contributed by atoms with Crippen molar-refractivity contribution in [3.8, 4) is 17.1 Å². The number of hydrogen-bond acceptors (Lipinski definition) is 6. The Morgan fingerprint density at radius 2 is 1.57 bits per heavy atom. The number of H-pyrrole nitrogens is 1. The van der Waals surface area contributed by atoms with Crippen LogP contribution in [0.4, 0.5) is 13.2 Å². The van der Waals surface area contributed by atoms with Crippen LogP contribution in [0.5, 0.6) is 5.75 Å². The Morgan fingerprint density at radius 3 is 2.22 bits per heavy atom. The quantitative estimate of drug-likeness (QED) is 0.294. The summed E-state index contributed by atoms with van der Waals surface area (Å²) in [5.41, 5.74) is -0.698. The molecule has 0 radical (unpaired) electrons. The number of piperidine rings is 3. The van der Waals surface area contributed by atoms with Gasteiger partial charge in [-0.05, 0) is 87.6 Å². The largest absolute Gasteiger partial charge is 0.506 e. The molecule has 3 aromatic rings. The van der Waals surface area contributed by atoms with Gasteiger partial charge in [0.05, 0.1) is 22.5 Å². The van der Waals surface area contributed by atoms with Crippen LogP contribution in [0, 0.1) is 17.8 Å². The van der Waals surface area contributed by atoms with Gasteiger partial charge in [-0.1, -0.05) is 41.9 Å². The molecule has 3 aliphatic rings. The third-order valence-corrected chi connectivity index (χ3v) is 10.7. The number of rotatable bonds is 8. The lowest BCUT2D eigenvalue weighted by Crippen LogP contribution is -2.46. The summed E-state index contributed by atoms with van der Waals surface area (Å²) in [4.78, 5) is 46.7. The molecule has 264 valence electrons. The highest BCUT2D eigenvalue weighted by atomic mass is 35.5. The van der Waals surface area contributed by atoms with Gasteiger partial charge in [-0.2, -0.15) is 13.2 Å². The molecule has 0 bridgehead atoms. The number of carbonyl (C=O) groups excluding carboxylic acids is 2. The number of aromatic amines is 1. The first-order valence-electron chi connectivity index (χ1n) is 17.1. The Labute approximate surface area is 287 Å². The zero-order valence-electron chi connectivity index (χ0n) is 27.2. The van der Waals surface area contributed by atoms with Gasteiger partial charge in [-0.25, -0.2) is 9.48 Å². The number of benzene rings is 2. The number of nitrogens with zero attached hydrogens (tertiary/aromatic N) is 4. The lowest BCUT2D eigenvalue weighted by atomic mass is 9.79. The number of alkyl halides is 3. The van der Waals surface area contributed by atoms with E-state index in [1.54, 1.807) is 9.80 Å². The van der Waals surface area contributed by atoms with Gasteiger partial charge >= 0.3 is 11.9 Å². The van der Waals surface area contributed by atoms with Crippen molar-refractivity contribution in [3.63, 3.8) is 0 Å². The van der Waals surface area contributed by atoms with E-state index in [4.69, 9.17) is 11.6 Å². The summed E-state index contributed by atoms with van der Waals surface area (Å²) >= 11 is 6.01.